The van der Waals surface area contributed by atoms with Crippen LogP contribution < -0.4 is 27.4 Å². The maximum atomic E-state index is 12.8. The molecular weight excluding hydrogens is 412 g/mol. The number of aromatic amines is 1. The van der Waals surface area contributed by atoms with Gasteiger partial charge >= 0.3 is 5.69 Å². The molecule has 168 valence electrons. The first-order valence-electron chi connectivity index (χ1n) is 10.4. The molecule has 0 aliphatic rings. The van der Waals surface area contributed by atoms with Gasteiger partial charge in [-0.05, 0) is 25.5 Å². The van der Waals surface area contributed by atoms with E-state index in [2.05, 4.69) is 15.2 Å². The predicted octanol–water partition coefficient (Wildman–Crippen LogP) is 0.758. The van der Waals surface area contributed by atoms with Crippen molar-refractivity contribution >= 4 is 28.2 Å². The summed E-state index contributed by atoms with van der Waals surface area (Å²) in [5.41, 5.74) is 6.81. The Balaban J connectivity index is 1.85. The summed E-state index contributed by atoms with van der Waals surface area (Å²) in [7, 11) is 3.35. The topological polar surface area (TPSA) is 136 Å². The average Bonchev–Trinajstić information content (AvgIpc) is 3.15. The number of aromatic nitrogens is 6. The van der Waals surface area contributed by atoms with Crippen LogP contribution in [0.15, 0.2) is 32.6 Å². The van der Waals surface area contributed by atoms with Crippen molar-refractivity contribution in [2.45, 2.75) is 39.8 Å². The van der Waals surface area contributed by atoms with E-state index in [1.807, 2.05) is 32.0 Å². The van der Waals surface area contributed by atoms with Gasteiger partial charge in [0.25, 0.3) is 11.1 Å². The quantitative estimate of drug-likeness (QED) is 0.453. The lowest BCUT2D eigenvalue weighted by Crippen LogP contribution is -2.37. The largest absolute Gasteiger partial charge is 0.383 e. The van der Waals surface area contributed by atoms with Crippen molar-refractivity contribution in [2.75, 3.05) is 17.7 Å². The highest BCUT2D eigenvalue weighted by molar-refractivity contribution is 5.81. The minimum absolute atomic E-state index is 0.108. The number of H-pyrrole nitrogens is 1. The second-order valence-electron chi connectivity index (χ2n) is 7.99. The van der Waals surface area contributed by atoms with Gasteiger partial charge in [0.05, 0.1) is 17.4 Å². The first-order chi connectivity index (χ1) is 15.2. The Morgan fingerprint density at radius 2 is 1.94 bits per heavy atom. The molecule has 3 N–H and O–H groups in total. The third kappa shape index (κ3) is 3.35. The molecule has 0 saturated carbocycles. The van der Waals surface area contributed by atoms with Crippen molar-refractivity contribution in [1.29, 1.82) is 0 Å². The fraction of sp³-hybridized carbons (Fsp3) is 0.381. The highest BCUT2D eigenvalue weighted by Gasteiger charge is 2.20. The van der Waals surface area contributed by atoms with Crippen LogP contribution in [-0.4, -0.2) is 35.8 Å². The Bertz CT molecular complexity index is 1510. The monoisotopic (exact) mass is 438 g/mol. The number of nitrogens with zero attached hydrogens (tertiary/aromatic N) is 6. The molecule has 0 aliphatic heterocycles. The fourth-order valence-corrected chi connectivity index (χ4v) is 3.94. The molecule has 4 aromatic rings. The molecule has 0 fully saturated rings. The molecule has 3 aromatic heterocycles. The van der Waals surface area contributed by atoms with E-state index in [1.165, 1.54) is 9.13 Å². The van der Waals surface area contributed by atoms with Crippen molar-refractivity contribution < 1.29 is 0 Å². The standard InChI is InChI=1S/C21H26N8O3/c1-5-6-9-28-17(22)16(18(30)23-21(28)32)26(3)11-15-24-25-20-27(4)19(31)13-10-12(2)7-8-14(13)29(15)20/h7-8,10H,5-6,9,11,22H2,1-4H3,(H,23,30,32). The molecule has 1 aromatic carbocycles. The Morgan fingerprint density at radius 3 is 2.66 bits per heavy atom. The summed E-state index contributed by atoms with van der Waals surface area (Å²) in [6.45, 7) is 4.53. The highest BCUT2D eigenvalue weighted by Crippen LogP contribution is 2.20. The number of nitrogens with one attached hydrogen (secondary N) is 1. The van der Waals surface area contributed by atoms with Crippen LogP contribution in [-0.2, 0) is 20.1 Å². The maximum Gasteiger partial charge on any atom is 0.330 e. The lowest BCUT2D eigenvalue weighted by Gasteiger charge is -2.21. The number of aryl methyl sites for hydroxylation is 2. The number of fused-ring (bicyclic) bond motifs is 3. The van der Waals surface area contributed by atoms with Gasteiger partial charge in [0.2, 0.25) is 5.78 Å². The molecule has 0 radical (unpaired) electrons. The summed E-state index contributed by atoms with van der Waals surface area (Å²) in [6, 6.07) is 5.61. The van der Waals surface area contributed by atoms with E-state index in [0.29, 0.717) is 29.0 Å². The minimum atomic E-state index is -0.565. The summed E-state index contributed by atoms with van der Waals surface area (Å²) in [6.07, 6.45) is 1.64. The normalized spacial score (nSPS) is 11.5. The van der Waals surface area contributed by atoms with Gasteiger partial charge in [-0.25, -0.2) is 4.79 Å². The van der Waals surface area contributed by atoms with Crippen molar-refractivity contribution in [2.24, 2.45) is 7.05 Å². The van der Waals surface area contributed by atoms with Crippen molar-refractivity contribution in [3.8, 4) is 0 Å². The van der Waals surface area contributed by atoms with Gasteiger partial charge in [0.1, 0.15) is 11.5 Å². The van der Waals surface area contributed by atoms with Crippen molar-refractivity contribution in [3.05, 3.63) is 60.8 Å². The Kier molecular flexibility index (Phi) is 5.33. The average molecular weight is 438 g/mol. The lowest BCUT2D eigenvalue weighted by molar-refractivity contribution is 0.603. The number of nitrogens with two attached hydrogens (primary N) is 1. The van der Waals surface area contributed by atoms with Crippen molar-refractivity contribution in [1.82, 2.24) is 28.7 Å². The van der Waals surface area contributed by atoms with Crippen LogP contribution in [0.5, 0.6) is 0 Å². The van der Waals surface area contributed by atoms with Crippen LogP contribution in [0.25, 0.3) is 16.7 Å². The van der Waals surface area contributed by atoms with Gasteiger partial charge in [0.15, 0.2) is 5.82 Å². The number of rotatable bonds is 6. The molecule has 4 rings (SSSR count). The maximum absolute atomic E-state index is 12.8. The van der Waals surface area contributed by atoms with Gasteiger partial charge < -0.3 is 10.6 Å². The number of benzene rings is 1. The molecule has 0 spiro atoms. The predicted molar refractivity (Wildman–Crippen MR) is 123 cm³/mol. The number of anilines is 2. The van der Waals surface area contributed by atoms with E-state index in [0.717, 1.165) is 18.4 Å². The molecule has 3 heterocycles. The second-order valence-corrected chi connectivity index (χ2v) is 7.99. The fourth-order valence-electron chi connectivity index (χ4n) is 3.94. The van der Waals surface area contributed by atoms with E-state index >= 15 is 0 Å². The molecule has 0 atom stereocenters. The first-order valence-corrected chi connectivity index (χ1v) is 10.4. The summed E-state index contributed by atoms with van der Waals surface area (Å²) in [5.74, 6) is 1.03. The lowest BCUT2D eigenvalue weighted by atomic mass is 10.1. The molecule has 11 nitrogen and oxygen atoms in total. The van der Waals surface area contributed by atoms with Crippen LogP contribution in [0.4, 0.5) is 11.5 Å². The molecule has 0 bridgehead atoms. The van der Waals surface area contributed by atoms with Gasteiger partial charge in [-0.1, -0.05) is 25.0 Å². The molecule has 0 amide bonds. The molecule has 32 heavy (non-hydrogen) atoms. The number of hydrogen-bond acceptors (Lipinski definition) is 7. The van der Waals surface area contributed by atoms with Gasteiger partial charge in [-0.15, -0.1) is 10.2 Å². The van der Waals surface area contributed by atoms with Gasteiger partial charge in [-0.2, -0.15) is 0 Å². The van der Waals surface area contributed by atoms with E-state index in [-0.39, 0.29) is 23.6 Å². The smallest absolute Gasteiger partial charge is 0.330 e. The van der Waals surface area contributed by atoms with Crippen LogP contribution in [0, 0.1) is 6.92 Å². The minimum Gasteiger partial charge on any atom is -0.383 e. The van der Waals surface area contributed by atoms with E-state index < -0.39 is 11.2 Å². The Labute approximate surface area is 182 Å². The number of hydrogen-bond donors (Lipinski definition) is 2. The Hall–Kier alpha value is -3.89. The third-order valence-electron chi connectivity index (χ3n) is 5.65. The highest BCUT2D eigenvalue weighted by atomic mass is 16.2. The molecule has 11 heteroatoms. The van der Waals surface area contributed by atoms with E-state index in [4.69, 9.17) is 5.73 Å². The Morgan fingerprint density at radius 1 is 1.19 bits per heavy atom. The molecular formula is C21H26N8O3. The first kappa shape index (κ1) is 21.3. The summed E-state index contributed by atoms with van der Waals surface area (Å²) in [4.78, 5) is 41.6. The van der Waals surface area contributed by atoms with Gasteiger partial charge in [0, 0.05) is 20.6 Å². The van der Waals surface area contributed by atoms with Crippen LogP contribution in [0.2, 0.25) is 0 Å². The molecule has 0 saturated heterocycles. The summed E-state index contributed by atoms with van der Waals surface area (Å²) < 4.78 is 4.62. The second kappa shape index (κ2) is 7.98. The van der Waals surface area contributed by atoms with Crippen molar-refractivity contribution in [3.63, 3.8) is 0 Å². The number of nitrogen functional groups attached to an aromatic ring is 1. The van der Waals surface area contributed by atoms with Crippen LogP contribution >= 0.6 is 0 Å². The third-order valence-corrected chi connectivity index (χ3v) is 5.65. The summed E-state index contributed by atoms with van der Waals surface area (Å²) >= 11 is 0. The van der Waals surface area contributed by atoms with Crippen LogP contribution in [0.3, 0.4) is 0 Å². The van der Waals surface area contributed by atoms with Gasteiger partial charge in [-0.3, -0.25) is 28.1 Å². The number of unbranched alkanes of at least 4 members (excludes halogenated alkanes) is 1. The molecule has 0 aliphatic carbocycles. The van der Waals surface area contributed by atoms with E-state index in [9.17, 15) is 14.4 Å². The van der Waals surface area contributed by atoms with Crippen LogP contribution in [0.1, 0.15) is 31.2 Å². The molecule has 0 unspecified atom stereocenters. The van der Waals surface area contributed by atoms with E-state index in [1.54, 1.807) is 23.4 Å². The zero-order valence-corrected chi connectivity index (χ0v) is 18.5. The zero-order valence-electron chi connectivity index (χ0n) is 18.5. The zero-order chi connectivity index (χ0) is 23.2. The SMILES string of the molecule is CCCCn1c(N)c(N(C)Cc2nnc3n(C)c(=O)c4cc(C)ccc4n23)c(=O)[nH]c1=O. The summed E-state index contributed by atoms with van der Waals surface area (Å²) in [5, 5.41) is 9.02.